The molecular formula is C17H18BrN3O4S2. The zero-order valence-corrected chi connectivity index (χ0v) is 17.8. The van der Waals surface area contributed by atoms with Crippen molar-refractivity contribution >= 4 is 49.6 Å². The molecule has 0 aliphatic rings. The fourth-order valence-electron chi connectivity index (χ4n) is 2.04. The van der Waals surface area contributed by atoms with Crippen LogP contribution in [0, 0.1) is 6.92 Å². The molecule has 2 aromatic carbocycles. The lowest BCUT2D eigenvalue weighted by atomic mass is 10.2. The molecule has 0 aliphatic carbocycles. The van der Waals surface area contributed by atoms with Gasteiger partial charge in [0.15, 0.2) is 16.6 Å². The Balaban J connectivity index is 2.38. The van der Waals surface area contributed by atoms with Gasteiger partial charge in [-0.3, -0.25) is 5.43 Å². The summed E-state index contributed by atoms with van der Waals surface area (Å²) in [5, 5.41) is 3.89. The molecule has 2 aromatic rings. The molecule has 0 saturated carbocycles. The molecule has 27 heavy (non-hydrogen) atoms. The van der Waals surface area contributed by atoms with E-state index in [-0.39, 0.29) is 21.5 Å². The van der Waals surface area contributed by atoms with Gasteiger partial charge in [-0.1, -0.05) is 17.7 Å². The van der Waals surface area contributed by atoms with Crippen LogP contribution < -0.4 is 20.1 Å². The molecule has 144 valence electrons. The second-order valence-corrected chi connectivity index (χ2v) is 8.19. The number of nitrogens with one attached hydrogen (secondary N) is 1. The third-order valence-corrected chi connectivity index (χ3v) is 5.14. The lowest BCUT2D eigenvalue weighted by Crippen LogP contribution is -2.24. The number of hydrazone groups is 1. The fourth-order valence-corrected chi connectivity index (χ4v) is 3.70. The van der Waals surface area contributed by atoms with Crippen LogP contribution in [-0.4, -0.2) is 26.4 Å². The summed E-state index contributed by atoms with van der Waals surface area (Å²) in [5.74, 6) is 0.302. The number of aryl methyl sites for hydroxylation is 1. The molecule has 0 amide bonds. The molecule has 7 nitrogen and oxygen atoms in total. The van der Waals surface area contributed by atoms with Crippen LogP contribution in [0.25, 0.3) is 0 Å². The van der Waals surface area contributed by atoms with Crippen LogP contribution in [0.15, 0.2) is 50.9 Å². The number of benzene rings is 2. The van der Waals surface area contributed by atoms with E-state index in [2.05, 4.69) is 38.7 Å². The van der Waals surface area contributed by atoms with Crippen LogP contribution in [0.5, 0.6) is 11.5 Å². The molecule has 0 atom stereocenters. The minimum Gasteiger partial charge on any atom is -0.490 e. The molecule has 3 N–H and O–H groups in total. The van der Waals surface area contributed by atoms with Crippen molar-refractivity contribution in [2.24, 2.45) is 10.8 Å². The SMILES string of the molecule is CCOc1cc(/C=N/NC(N)=S)cc(Br)c1OS(=O)(=O)c1ccc(C)cc1. The van der Waals surface area contributed by atoms with Crippen LogP contribution in [0.1, 0.15) is 18.1 Å². The topological polar surface area (TPSA) is 103 Å². The van der Waals surface area contributed by atoms with Crippen LogP contribution in [0.4, 0.5) is 0 Å². The lowest BCUT2D eigenvalue weighted by molar-refractivity contribution is 0.327. The van der Waals surface area contributed by atoms with Crippen LogP contribution in [-0.2, 0) is 10.1 Å². The highest BCUT2D eigenvalue weighted by molar-refractivity contribution is 9.10. The first-order valence-corrected chi connectivity index (χ1v) is 10.4. The molecule has 0 bridgehead atoms. The van der Waals surface area contributed by atoms with E-state index >= 15 is 0 Å². The molecule has 0 unspecified atom stereocenters. The first-order valence-electron chi connectivity index (χ1n) is 7.79. The summed E-state index contributed by atoms with van der Waals surface area (Å²) < 4.78 is 36.4. The number of ether oxygens (including phenoxy) is 1. The Morgan fingerprint density at radius 2 is 2.00 bits per heavy atom. The van der Waals surface area contributed by atoms with Gasteiger partial charge < -0.3 is 14.7 Å². The average Bonchev–Trinajstić information content (AvgIpc) is 2.58. The van der Waals surface area contributed by atoms with Crippen molar-refractivity contribution in [1.82, 2.24) is 5.43 Å². The van der Waals surface area contributed by atoms with Gasteiger partial charge in [0.1, 0.15) is 4.90 Å². The molecule has 0 saturated heterocycles. The largest absolute Gasteiger partial charge is 0.490 e. The van der Waals surface area contributed by atoms with Gasteiger partial charge >= 0.3 is 10.1 Å². The third kappa shape index (κ3) is 5.91. The molecule has 0 aliphatic heterocycles. The van der Waals surface area contributed by atoms with Gasteiger partial charge in [0, 0.05) is 0 Å². The Bertz CT molecular complexity index is 961. The molecule has 0 radical (unpaired) electrons. The van der Waals surface area contributed by atoms with Crippen LogP contribution in [0.2, 0.25) is 0 Å². The van der Waals surface area contributed by atoms with Crippen LogP contribution in [0.3, 0.4) is 0 Å². The molecule has 0 fully saturated rings. The van der Waals surface area contributed by atoms with Gasteiger partial charge in [-0.25, -0.2) is 0 Å². The predicted octanol–water partition coefficient (Wildman–Crippen LogP) is 3.09. The Labute approximate surface area is 171 Å². The smallest absolute Gasteiger partial charge is 0.339 e. The highest BCUT2D eigenvalue weighted by Crippen LogP contribution is 2.38. The summed E-state index contributed by atoms with van der Waals surface area (Å²) in [7, 11) is -4.02. The first kappa shape index (κ1) is 21.1. The van der Waals surface area contributed by atoms with Crippen molar-refractivity contribution in [1.29, 1.82) is 0 Å². The Kier molecular flexibility index (Phi) is 7.17. The van der Waals surface area contributed by atoms with Crippen LogP contribution >= 0.6 is 28.1 Å². The second kappa shape index (κ2) is 9.16. The monoisotopic (exact) mass is 471 g/mol. The number of thiocarbonyl (C=S) groups is 1. The lowest BCUT2D eigenvalue weighted by Gasteiger charge is -2.14. The van der Waals surface area contributed by atoms with E-state index in [9.17, 15) is 8.42 Å². The number of rotatable bonds is 7. The minimum atomic E-state index is -4.02. The van der Waals surface area contributed by atoms with Crippen molar-refractivity contribution < 1.29 is 17.3 Å². The Hall–Kier alpha value is -2.17. The number of halogens is 1. The Morgan fingerprint density at radius 3 is 2.59 bits per heavy atom. The summed E-state index contributed by atoms with van der Waals surface area (Å²) in [6.07, 6.45) is 1.46. The molecule has 0 aromatic heterocycles. The van der Waals surface area contributed by atoms with Gasteiger partial charge in [-0.05, 0) is 71.8 Å². The number of hydrogen-bond donors (Lipinski definition) is 2. The summed E-state index contributed by atoms with van der Waals surface area (Å²) >= 11 is 7.99. The van der Waals surface area contributed by atoms with Crippen molar-refractivity contribution in [3.05, 3.63) is 52.0 Å². The van der Waals surface area contributed by atoms with Crippen molar-refractivity contribution in [2.75, 3.05) is 6.61 Å². The van der Waals surface area contributed by atoms with E-state index in [0.29, 0.717) is 16.6 Å². The van der Waals surface area contributed by atoms with Gasteiger partial charge in [0.25, 0.3) is 0 Å². The number of nitrogens with zero attached hydrogens (tertiary/aromatic N) is 1. The van der Waals surface area contributed by atoms with Gasteiger partial charge in [-0.15, -0.1) is 0 Å². The summed E-state index contributed by atoms with van der Waals surface area (Å²) in [6, 6.07) is 9.60. The van der Waals surface area contributed by atoms with Gasteiger partial charge in [0.2, 0.25) is 0 Å². The van der Waals surface area contributed by atoms with E-state index in [1.54, 1.807) is 31.2 Å². The maximum absolute atomic E-state index is 12.6. The summed E-state index contributed by atoms with van der Waals surface area (Å²) in [5.41, 5.74) is 9.31. The van der Waals surface area contributed by atoms with E-state index in [0.717, 1.165) is 5.56 Å². The van der Waals surface area contributed by atoms with E-state index in [1.807, 2.05) is 6.92 Å². The maximum atomic E-state index is 12.6. The molecule has 10 heteroatoms. The normalized spacial score (nSPS) is 11.4. The average molecular weight is 472 g/mol. The summed E-state index contributed by atoms with van der Waals surface area (Å²) in [6.45, 7) is 3.97. The third-order valence-electron chi connectivity index (χ3n) is 3.22. The number of hydrogen-bond acceptors (Lipinski definition) is 6. The van der Waals surface area contributed by atoms with Crippen molar-refractivity contribution in [2.45, 2.75) is 18.7 Å². The van der Waals surface area contributed by atoms with E-state index in [4.69, 9.17) is 14.7 Å². The standard InChI is InChI=1S/C17H18BrN3O4S2/c1-3-24-15-9-12(10-20-21-17(19)26)8-14(18)16(15)25-27(22,23)13-6-4-11(2)5-7-13/h4-10H,3H2,1-2H3,(H3,19,21,26)/b20-10+. The fraction of sp³-hybridized carbons (Fsp3) is 0.176. The van der Waals surface area contributed by atoms with E-state index < -0.39 is 10.1 Å². The number of nitrogens with two attached hydrogens (primary N) is 1. The summed E-state index contributed by atoms with van der Waals surface area (Å²) in [4.78, 5) is 0.0498. The Morgan fingerprint density at radius 1 is 1.33 bits per heavy atom. The molecule has 0 heterocycles. The zero-order chi connectivity index (χ0) is 20.0. The zero-order valence-electron chi connectivity index (χ0n) is 14.6. The van der Waals surface area contributed by atoms with E-state index in [1.165, 1.54) is 18.3 Å². The predicted molar refractivity (Wildman–Crippen MR) is 112 cm³/mol. The first-order chi connectivity index (χ1) is 12.7. The molecule has 0 spiro atoms. The highest BCUT2D eigenvalue weighted by Gasteiger charge is 2.22. The maximum Gasteiger partial charge on any atom is 0.339 e. The van der Waals surface area contributed by atoms with Crippen molar-refractivity contribution in [3.63, 3.8) is 0 Å². The molecular weight excluding hydrogens is 454 g/mol. The van der Waals surface area contributed by atoms with Gasteiger partial charge in [0.05, 0.1) is 17.3 Å². The quantitative estimate of drug-likeness (QED) is 0.276. The second-order valence-electron chi connectivity index (χ2n) is 5.35. The van der Waals surface area contributed by atoms with Gasteiger partial charge in [-0.2, -0.15) is 13.5 Å². The minimum absolute atomic E-state index is 0.0273. The van der Waals surface area contributed by atoms with Crippen molar-refractivity contribution in [3.8, 4) is 11.5 Å². The molecule has 2 rings (SSSR count). The highest BCUT2D eigenvalue weighted by atomic mass is 79.9.